The van der Waals surface area contributed by atoms with Crippen molar-refractivity contribution in [3.63, 3.8) is 0 Å². The molecule has 0 fully saturated rings. The first-order valence-electron chi connectivity index (χ1n) is 9.78. The first-order valence-corrected chi connectivity index (χ1v) is 10.6. The SMILES string of the molecule is CCNC(=NCC(O)c1ccc(OC(C)C)cc1)NCCc1sc(C)nc1C. The zero-order valence-corrected chi connectivity index (χ0v) is 18.3. The van der Waals surface area contributed by atoms with Gasteiger partial charge >= 0.3 is 0 Å². The van der Waals surface area contributed by atoms with E-state index in [4.69, 9.17) is 4.74 Å². The fraction of sp³-hybridized carbons (Fsp3) is 0.524. The molecule has 28 heavy (non-hydrogen) atoms. The number of aliphatic hydroxyl groups excluding tert-OH is 1. The molecule has 1 atom stereocenters. The Labute approximate surface area is 172 Å². The number of ether oxygens (including phenoxy) is 1. The minimum absolute atomic E-state index is 0.131. The molecule has 3 N–H and O–H groups in total. The third kappa shape index (κ3) is 7.13. The smallest absolute Gasteiger partial charge is 0.191 e. The second kappa shape index (κ2) is 11.0. The molecule has 1 unspecified atom stereocenters. The Morgan fingerprint density at radius 3 is 2.50 bits per heavy atom. The van der Waals surface area contributed by atoms with Gasteiger partial charge in [-0.2, -0.15) is 0 Å². The van der Waals surface area contributed by atoms with Crippen molar-refractivity contribution in [2.45, 2.75) is 53.2 Å². The van der Waals surface area contributed by atoms with E-state index in [1.807, 2.05) is 58.9 Å². The number of aliphatic imine (C=N–C) groups is 1. The van der Waals surface area contributed by atoms with Gasteiger partial charge in [-0.25, -0.2) is 4.98 Å². The van der Waals surface area contributed by atoms with Gasteiger partial charge in [0.2, 0.25) is 0 Å². The van der Waals surface area contributed by atoms with E-state index in [0.29, 0.717) is 12.5 Å². The van der Waals surface area contributed by atoms with Gasteiger partial charge < -0.3 is 20.5 Å². The van der Waals surface area contributed by atoms with Crippen LogP contribution >= 0.6 is 11.3 Å². The Kier molecular flexibility index (Phi) is 8.73. The Bertz CT molecular complexity index is 756. The summed E-state index contributed by atoms with van der Waals surface area (Å²) in [5.41, 5.74) is 1.93. The molecule has 0 radical (unpaired) electrons. The fourth-order valence-corrected chi connectivity index (χ4v) is 3.70. The molecule has 0 aliphatic carbocycles. The minimum atomic E-state index is -0.657. The second-order valence-electron chi connectivity index (χ2n) is 6.89. The van der Waals surface area contributed by atoms with Crippen LogP contribution in [0, 0.1) is 13.8 Å². The fourth-order valence-electron chi connectivity index (χ4n) is 2.77. The summed E-state index contributed by atoms with van der Waals surface area (Å²) in [7, 11) is 0. The van der Waals surface area contributed by atoms with Gasteiger partial charge in [0.25, 0.3) is 0 Å². The van der Waals surface area contributed by atoms with E-state index >= 15 is 0 Å². The normalized spacial score (nSPS) is 12.9. The van der Waals surface area contributed by atoms with Crippen LogP contribution < -0.4 is 15.4 Å². The molecule has 1 aromatic carbocycles. The Morgan fingerprint density at radius 2 is 1.93 bits per heavy atom. The molecule has 0 spiro atoms. The van der Waals surface area contributed by atoms with Crippen LogP contribution in [0.25, 0.3) is 0 Å². The van der Waals surface area contributed by atoms with Gasteiger partial charge in [-0.05, 0) is 52.3 Å². The van der Waals surface area contributed by atoms with Crippen LogP contribution in [-0.4, -0.2) is 41.8 Å². The zero-order chi connectivity index (χ0) is 20.5. The van der Waals surface area contributed by atoms with Crippen molar-refractivity contribution < 1.29 is 9.84 Å². The monoisotopic (exact) mass is 404 g/mol. The molecule has 0 aliphatic heterocycles. The quantitative estimate of drug-likeness (QED) is 0.441. The van der Waals surface area contributed by atoms with E-state index in [1.165, 1.54) is 4.88 Å². The molecule has 2 rings (SSSR count). The van der Waals surface area contributed by atoms with Crippen molar-refractivity contribution in [1.82, 2.24) is 15.6 Å². The highest BCUT2D eigenvalue weighted by Gasteiger charge is 2.09. The molecule has 0 saturated heterocycles. The number of nitrogens with zero attached hydrogens (tertiary/aromatic N) is 2. The summed E-state index contributed by atoms with van der Waals surface area (Å²) in [4.78, 5) is 10.3. The molecule has 1 aromatic heterocycles. The van der Waals surface area contributed by atoms with E-state index in [2.05, 4.69) is 20.6 Å². The first kappa shape index (κ1) is 22.2. The number of rotatable bonds is 9. The summed E-state index contributed by atoms with van der Waals surface area (Å²) in [6.45, 7) is 11.9. The first-order chi connectivity index (χ1) is 13.4. The zero-order valence-electron chi connectivity index (χ0n) is 17.5. The molecule has 0 aliphatic rings. The van der Waals surface area contributed by atoms with Crippen molar-refractivity contribution in [1.29, 1.82) is 0 Å². The number of thiazole rings is 1. The predicted octanol–water partition coefficient (Wildman–Crippen LogP) is 3.38. The standard InChI is InChI=1S/C21H32N4O2S/c1-6-22-21(23-12-11-20-15(4)25-16(5)28-20)24-13-19(26)17-7-9-18(10-8-17)27-14(2)3/h7-10,14,19,26H,6,11-13H2,1-5H3,(H2,22,23,24). The average Bonchev–Trinajstić information content (AvgIpc) is 2.96. The maximum absolute atomic E-state index is 10.4. The predicted molar refractivity (Wildman–Crippen MR) is 116 cm³/mol. The van der Waals surface area contributed by atoms with Gasteiger partial charge in [-0.1, -0.05) is 12.1 Å². The topological polar surface area (TPSA) is 78.8 Å². The van der Waals surface area contributed by atoms with Crippen LogP contribution in [0.15, 0.2) is 29.3 Å². The second-order valence-corrected chi connectivity index (χ2v) is 8.18. The van der Waals surface area contributed by atoms with E-state index < -0.39 is 6.10 Å². The van der Waals surface area contributed by atoms with Crippen LogP contribution in [0.2, 0.25) is 0 Å². The van der Waals surface area contributed by atoms with Crippen molar-refractivity contribution in [2.24, 2.45) is 4.99 Å². The molecular formula is C21H32N4O2S. The maximum atomic E-state index is 10.4. The lowest BCUT2D eigenvalue weighted by atomic mass is 10.1. The number of aryl methyl sites for hydroxylation is 2. The van der Waals surface area contributed by atoms with Crippen LogP contribution in [-0.2, 0) is 6.42 Å². The molecule has 1 heterocycles. The van der Waals surface area contributed by atoms with Gasteiger partial charge in [0.15, 0.2) is 5.96 Å². The number of benzene rings is 1. The molecule has 0 amide bonds. The lowest BCUT2D eigenvalue weighted by Gasteiger charge is -2.14. The third-order valence-electron chi connectivity index (χ3n) is 4.05. The lowest BCUT2D eigenvalue weighted by Crippen LogP contribution is -2.38. The van der Waals surface area contributed by atoms with Gasteiger partial charge in [-0.15, -0.1) is 11.3 Å². The molecule has 2 aromatic rings. The highest BCUT2D eigenvalue weighted by Crippen LogP contribution is 2.19. The maximum Gasteiger partial charge on any atom is 0.191 e. The Hall–Kier alpha value is -2.12. The molecule has 0 bridgehead atoms. The van der Waals surface area contributed by atoms with Crippen molar-refractivity contribution in [3.05, 3.63) is 45.4 Å². The van der Waals surface area contributed by atoms with Gasteiger partial charge in [0.05, 0.1) is 29.5 Å². The number of hydrogen-bond acceptors (Lipinski definition) is 5. The number of hydrogen-bond donors (Lipinski definition) is 3. The minimum Gasteiger partial charge on any atom is -0.491 e. The molecule has 6 nitrogen and oxygen atoms in total. The van der Waals surface area contributed by atoms with Crippen molar-refractivity contribution in [3.8, 4) is 5.75 Å². The highest BCUT2D eigenvalue weighted by molar-refractivity contribution is 7.11. The lowest BCUT2D eigenvalue weighted by molar-refractivity contribution is 0.186. The molecule has 0 saturated carbocycles. The summed E-state index contributed by atoms with van der Waals surface area (Å²) >= 11 is 1.74. The largest absolute Gasteiger partial charge is 0.491 e. The van der Waals surface area contributed by atoms with E-state index in [-0.39, 0.29) is 6.10 Å². The van der Waals surface area contributed by atoms with Crippen LogP contribution in [0.5, 0.6) is 5.75 Å². The molecule has 154 valence electrons. The number of guanidine groups is 1. The Balaban J connectivity index is 1.88. The third-order valence-corrected chi connectivity index (χ3v) is 5.18. The van der Waals surface area contributed by atoms with Gasteiger partial charge in [0.1, 0.15) is 5.75 Å². The summed E-state index contributed by atoms with van der Waals surface area (Å²) < 4.78 is 5.64. The summed E-state index contributed by atoms with van der Waals surface area (Å²) in [5, 5.41) is 18.1. The Morgan fingerprint density at radius 1 is 1.21 bits per heavy atom. The molecular weight excluding hydrogens is 372 g/mol. The van der Waals surface area contributed by atoms with E-state index in [0.717, 1.165) is 41.5 Å². The van der Waals surface area contributed by atoms with E-state index in [1.54, 1.807) is 11.3 Å². The summed E-state index contributed by atoms with van der Waals surface area (Å²) in [6.07, 6.45) is 0.378. The van der Waals surface area contributed by atoms with Crippen LogP contribution in [0.3, 0.4) is 0 Å². The van der Waals surface area contributed by atoms with Crippen molar-refractivity contribution >= 4 is 17.3 Å². The summed E-state index contributed by atoms with van der Waals surface area (Å²) in [6, 6.07) is 7.52. The summed E-state index contributed by atoms with van der Waals surface area (Å²) in [5.74, 6) is 1.51. The number of aromatic nitrogens is 1. The van der Waals surface area contributed by atoms with E-state index in [9.17, 15) is 5.11 Å². The van der Waals surface area contributed by atoms with Crippen LogP contribution in [0.1, 0.15) is 48.0 Å². The highest BCUT2D eigenvalue weighted by atomic mass is 32.1. The van der Waals surface area contributed by atoms with Gasteiger partial charge in [0, 0.05) is 24.4 Å². The average molecular weight is 405 g/mol. The number of aliphatic hydroxyl groups is 1. The van der Waals surface area contributed by atoms with Gasteiger partial charge in [-0.3, -0.25) is 4.99 Å². The number of nitrogens with one attached hydrogen (secondary N) is 2. The van der Waals surface area contributed by atoms with Crippen LogP contribution in [0.4, 0.5) is 0 Å². The van der Waals surface area contributed by atoms with Crippen molar-refractivity contribution in [2.75, 3.05) is 19.6 Å². The molecule has 7 heteroatoms.